The Kier molecular flexibility index (Phi) is 6.82. The van der Waals surface area contributed by atoms with Crippen molar-refractivity contribution in [3.8, 4) is 5.75 Å². The molecule has 0 spiro atoms. The Morgan fingerprint density at radius 3 is 2.41 bits per heavy atom. The average molecular weight is 375 g/mol. The Labute approximate surface area is 160 Å². The third kappa shape index (κ3) is 5.70. The van der Waals surface area contributed by atoms with Crippen LogP contribution in [-0.4, -0.2) is 42.3 Å². The summed E-state index contributed by atoms with van der Waals surface area (Å²) in [5.41, 5.74) is 4.87. The summed E-state index contributed by atoms with van der Waals surface area (Å²) in [4.78, 5) is 38.7. The van der Waals surface area contributed by atoms with Gasteiger partial charge in [0.1, 0.15) is 5.75 Å². The second kappa shape index (κ2) is 8.88. The zero-order valence-corrected chi connectivity index (χ0v) is 16.5. The van der Waals surface area contributed by atoms with Crippen molar-refractivity contribution in [3.63, 3.8) is 0 Å². The molecular weight excluding hydrogens is 346 g/mol. The first-order valence-corrected chi connectivity index (χ1v) is 9.34. The molecule has 2 N–H and O–H groups in total. The van der Waals surface area contributed by atoms with Gasteiger partial charge in [-0.3, -0.25) is 25.2 Å². The van der Waals surface area contributed by atoms with E-state index in [9.17, 15) is 14.4 Å². The van der Waals surface area contributed by atoms with E-state index in [1.165, 1.54) is 0 Å². The molecule has 1 atom stereocenters. The predicted molar refractivity (Wildman–Crippen MR) is 102 cm³/mol. The molecule has 0 saturated carbocycles. The minimum absolute atomic E-state index is 0.0402. The molecular formula is C20H29N3O4. The van der Waals surface area contributed by atoms with Gasteiger partial charge in [0.2, 0.25) is 11.8 Å². The van der Waals surface area contributed by atoms with E-state index in [1.807, 2.05) is 27.7 Å². The van der Waals surface area contributed by atoms with E-state index in [-0.39, 0.29) is 17.7 Å². The fourth-order valence-electron chi connectivity index (χ4n) is 3.01. The monoisotopic (exact) mass is 375 g/mol. The molecule has 1 heterocycles. The van der Waals surface area contributed by atoms with Crippen LogP contribution in [0, 0.1) is 11.3 Å². The van der Waals surface area contributed by atoms with Crippen LogP contribution >= 0.6 is 0 Å². The van der Waals surface area contributed by atoms with Gasteiger partial charge >= 0.3 is 0 Å². The van der Waals surface area contributed by atoms with Gasteiger partial charge < -0.3 is 9.64 Å². The van der Waals surface area contributed by atoms with Crippen LogP contribution in [0.5, 0.6) is 5.75 Å². The molecule has 2 rings (SSSR count). The van der Waals surface area contributed by atoms with E-state index in [2.05, 4.69) is 10.9 Å². The lowest BCUT2D eigenvalue weighted by Gasteiger charge is -2.35. The van der Waals surface area contributed by atoms with Gasteiger partial charge in [0, 0.05) is 24.1 Å². The minimum atomic E-state index is -0.472. The highest BCUT2D eigenvalue weighted by Gasteiger charge is 2.33. The van der Waals surface area contributed by atoms with Crippen molar-refractivity contribution in [3.05, 3.63) is 29.8 Å². The van der Waals surface area contributed by atoms with Crippen molar-refractivity contribution in [1.29, 1.82) is 0 Å². The number of nitrogens with one attached hydrogen (secondary N) is 2. The number of benzene rings is 1. The van der Waals surface area contributed by atoms with Gasteiger partial charge in [0.05, 0.1) is 12.5 Å². The predicted octanol–water partition coefficient (Wildman–Crippen LogP) is 2.13. The van der Waals surface area contributed by atoms with Gasteiger partial charge in [0.15, 0.2) is 0 Å². The maximum atomic E-state index is 12.4. The largest absolute Gasteiger partial charge is 0.494 e. The first-order chi connectivity index (χ1) is 12.7. The molecule has 0 aliphatic carbocycles. The molecule has 1 unspecified atom stereocenters. The lowest BCUT2D eigenvalue weighted by Crippen LogP contribution is -2.51. The molecule has 0 radical (unpaired) electrons. The van der Waals surface area contributed by atoms with Crippen LogP contribution in [0.3, 0.4) is 0 Å². The summed E-state index contributed by atoms with van der Waals surface area (Å²) in [7, 11) is 0. The van der Waals surface area contributed by atoms with Gasteiger partial charge in [-0.15, -0.1) is 0 Å². The summed E-state index contributed by atoms with van der Waals surface area (Å²) in [6.45, 7) is 9.09. The molecule has 1 aromatic rings. The van der Waals surface area contributed by atoms with E-state index in [0.717, 1.165) is 6.42 Å². The second-order valence-corrected chi connectivity index (χ2v) is 7.74. The molecule has 3 amide bonds. The zero-order valence-electron chi connectivity index (χ0n) is 16.5. The van der Waals surface area contributed by atoms with Gasteiger partial charge in [-0.2, -0.15) is 0 Å². The van der Waals surface area contributed by atoms with Crippen molar-refractivity contribution in [1.82, 2.24) is 15.8 Å². The average Bonchev–Trinajstić information content (AvgIpc) is 2.65. The van der Waals surface area contributed by atoms with Crippen LogP contribution in [0.1, 0.15) is 50.9 Å². The smallest absolute Gasteiger partial charge is 0.269 e. The van der Waals surface area contributed by atoms with Gasteiger partial charge in [-0.05, 0) is 44.0 Å². The lowest BCUT2D eigenvalue weighted by molar-refractivity contribution is -0.143. The molecule has 27 heavy (non-hydrogen) atoms. The SMILES string of the molecule is CCOc1ccc(C(=O)NNC(=O)C2CCCN(C(=O)C(C)(C)C)C2)cc1. The number of piperidine rings is 1. The maximum absolute atomic E-state index is 12.4. The van der Waals surface area contributed by atoms with Crippen LogP contribution in [0.25, 0.3) is 0 Å². The number of carbonyl (C=O) groups excluding carboxylic acids is 3. The molecule has 1 fully saturated rings. The summed E-state index contributed by atoms with van der Waals surface area (Å²) >= 11 is 0. The Morgan fingerprint density at radius 1 is 1.15 bits per heavy atom. The summed E-state index contributed by atoms with van der Waals surface area (Å²) in [5, 5.41) is 0. The quantitative estimate of drug-likeness (QED) is 0.789. The van der Waals surface area contributed by atoms with E-state index in [1.54, 1.807) is 29.2 Å². The van der Waals surface area contributed by atoms with E-state index in [0.29, 0.717) is 37.4 Å². The van der Waals surface area contributed by atoms with Gasteiger partial charge in [0.25, 0.3) is 5.91 Å². The van der Waals surface area contributed by atoms with Crippen LogP contribution < -0.4 is 15.6 Å². The Hall–Kier alpha value is -2.57. The van der Waals surface area contributed by atoms with Crippen molar-refractivity contribution in [2.75, 3.05) is 19.7 Å². The second-order valence-electron chi connectivity index (χ2n) is 7.74. The number of amides is 3. The molecule has 7 heteroatoms. The normalized spacial score (nSPS) is 17.2. The number of hydrazine groups is 1. The van der Waals surface area contributed by atoms with Crippen molar-refractivity contribution < 1.29 is 19.1 Å². The third-order valence-corrected chi connectivity index (χ3v) is 4.45. The summed E-state index contributed by atoms with van der Waals surface area (Å²) in [6, 6.07) is 6.68. The summed E-state index contributed by atoms with van der Waals surface area (Å²) < 4.78 is 5.34. The van der Waals surface area contributed by atoms with Crippen molar-refractivity contribution in [2.45, 2.75) is 40.5 Å². The molecule has 0 aromatic heterocycles. The topological polar surface area (TPSA) is 87.7 Å². The first-order valence-electron chi connectivity index (χ1n) is 9.34. The minimum Gasteiger partial charge on any atom is -0.494 e. The Bertz CT molecular complexity index is 679. The van der Waals surface area contributed by atoms with E-state index >= 15 is 0 Å². The Morgan fingerprint density at radius 2 is 1.81 bits per heavy atom. The lowest BCUT2D eigenvalue weighted by atomic mass is 9.91. The molecule has 1 aromatic carbocycles. The molecule has 1 aliphatic heterocycles. The molecule has 1 saturated heterocycles. The number of hydrogen-bond donors (Lipinski definition) is 2. The van der Waals surface area contributed by atoms with Crippen LogP contribution in [0.4, 0.5) is 0 Å². The van der Waals surface area contributed by atoms with Crippen molar-refractivity contribution >= 4 is 17.7 Å². The number of nitrogens with zero attached hydrogens (tertiary/aromatic N) is 1. The highest BCUT2D eigenvalue weighted by atomic mass is 16.5. The fourth-order valence-corrected chi connectivity index (χ4v) is 3.01. The van der Waals surface area contributed by atoms with Crippen LogP contribution in [0.2, 0.25) is 0 Å². The third-order valence-electron chi connectivity index (χ3n) is 4.45. The summed E-state index contributed by atoms with van der Waals surface area (Å²) in [6.07, 6.45) is 1.46. The van der Waals surface area contributed by atoms with E-state index in [4.69, 9.17) is 4.74 Å². The highest BCUT2D eigenvalue weighted by molar-refractivity contribution is 5.95. The molecule has 1 aliphatic rings. The van der Waals surface area contributed by atoms with Crippen LogP contribution in [-0.2, 0) is 9.59 Å². The number of likely N-dealkylation sites (tertiary alicyclic amines) is 1. The van der Waals surface area contributed by atoms with Gasteiger partial charge in [-0.25, -0.2) is 0 Å². The van der Waals surface area contributed by atoms with Crippen molar-refractivity contribution in [2.24, 2.45) is 11.3 Å². The number of hydrogen-bond acceptors (Lipinski definition) is 4. The standard InChI is InChI=1S/C20H29N3O4/c1-5-27-16-10-8-14(9-11-16)17(24)21-22-18(25)15-7-6-12-23(13-15)19(26)20(2,3)4/h8-11,15H,5-7,12-13H2,1-4H3,(H,21,24)(H,22,25). The Balaban J connectivity index is 1.87. The zero-order chi connectivity index (χ0) is 20.0. The van der Waals surface area contributed by atoms with Crippen LogP contribution in [0.15, 0.2) is 24.3 Å². The molecule has 7 nitrogen and oxygen atoms in total. The first kappa shape index (κ1) is 20.7. The summed E-state index contributed by atoms with van der Waals surface area (Å²) in [5.74, 6) is -0.279. The number of carbonyl (C=O) groups is 3. The highest BCUT2D eigenvalue weighted by Crippen LogP contribution is 2.23. The number of ether oxygens (including phenoxy) is 1. The molecule has 0 bridgehead atoms. The molecule has 148 valence electrons. The van der Waals surface area contributed by atoms with E-state index < -0.39 is 11.3 Å². The fraction of sp³-hybridized carbons (Fsp3) is 0.550. The maximum Gasteiger partial charge on any atom is 0.269 e. The number of rotatable bonds is 4. The van der Waals surface area contributed by atoms with Gasteiger partial charge in [-0.1, -0.05) is 20.8 Å².